The van der Waals surface area contributed by atoms with E-state index in [4.69, 9.17) is 0 Å². The number of carbonyl (C=O) groups excluding carboxylic acids is 1. The summed E-state index contributed by atoms with van der Waals surface area (Å²) in [5.41, 5.74) is 3.21. The Morgan fingerprint density at radius 3 is 2.61 bits per heavy atom. The standard InChI is InChI=1S/C15H12N2O/c1-11-5-7-12(8-6-11)15(18)14-10-13-4-2-3-9-17(13)16-14/h2-10H,1H3. The molecule has 0 aliphatic carbocycles. The summed E-state index contributed by atoms with van der Waals surface area (Å²) in [6.07, 6.45) is 1.83. The van der Waals surface area contributed by atoms with E-state index in [1.807, 2.05) is 61.7 Å². The van der Waals surface area contributed by atoms with Gasteiger partial charge in [0.1, 0.15) is 5.69 Å². The second-order valence-corrected chi connectivity index (χ2v) is 4.29. The molecule has 0 saturated heterocycles. The zero-order valence-electron chi connectivity index (χ0n) is 10.00. The van der Waals surface area contributed by atoms with Gasteiger partial charge in [0, 0.05) is 11.8 Å². The van der Waals surface area contributed by atoms with Gasteiger partial charge in [-0.1, -0.05) is 35.9 Å². The van der Waals surface area contributed by atoms with Crippen molar-refractivity contribution in [3.63, 3.8) is 0 Å². The molecule has 3 heteroatoms. The maximum absolute atomic E-state index is 12.3. The Labute approximate surface area is 105 Å². The molecule has 0 radical (unpaired) electrons. The third kappa shape index (κ3) is 1.80. The van der Waals surface area contributed by atoms with Crippen LogP contribution in [0.4, 0.5) is 0 Å². The fraction of sp³-hybridized carbons (Fsp3) is 0.0667. The Morgan fingerprint density at radius 2 is 1.89 bits per heavy atom. The first-order chi connectivity index (χ1) is 8.74. The summed E-state index contributed by atoms with van der Waals surface area (Å²) in [5, 5.41) is 4.28. The number of rotatable bonds is 2. The summed E-state index contributed by atoms with van der Waals surface area (Å²) < 4.78 is 1.71. The van der Waals surface area contributed by atoms with Crippen LogP contribution in [0.15, 0.2) is 54.7 Å². The van der Waals surface area contributed by atoms with Crippen molar-refractivity contribution in [2.45, 2.75) is 6.92 Å². The highest BCUT2D eigenvalue weighted by Gasteiger charge is 2.12. The Hall–Kier alpha value is -2.42. The zero-order valence-corrected chi connectivity index (χ0v) is 10.00. The van der Waals surface area contributed by atoms with Gasteiger partial charge in [0.2, 0.25) is 5.78 Å². The van der Waals surface area contributed by atoms with Gasteiger partial charge in [-0.25, -0.2) is 4.52 Å². The van der Waals surface area contributed by atoms with E-state index in [0.717, 1.165) is 11.1 Å². The Kier molecular flexibility index (Phi) is 2.45. The third-order valence-electron chi connectivity index (χ3n) is 2.92. The fourth-order valence-corrected chi connectivity index (χ4v) is 1.90. The summed E-state index contributed by atoms with van der Waals surface area (Å²) in [7, 11) is 0. The van der Waals surface area contributed by atoms with E-state index in [0.29, 0.717) is 11.3 Å². The first kappa shape index (κ1) is 10.7. The molecule has 0 aliphatic rings. The van der Waals surface area contributed by atoms with Gasteiger partial charge >= 0.3 is 0 Å². The quantitative estimate of drug-likeness (QED) is 0.641. The molecule has 0 saturated carbocycles. The van der Waals surface area contributed by atoms with Crippen LogP contribution in [0, 0.1) is 6.92 Å². The van der Waals surface area contributed by atoms with Gasteiger partial charge in [0.25, 0.3) is 0 Å². The minimum Gasteiger partial charge on any atom is -0.287 e. The summed E-state index contributed by atoms with van der Waals surface area (Å²) in [6.45, 7) is 2.00. The highest BCUT2D eigenvalue weighted by atomic mass is 16.1. The molecule has 0 fully saturated rings. The number of nitrogens with zero attached hydrogens (tertiary/aromatic N) is 2. The van der Waals surface area contributed by atoms with E-state index in [-0.39, 0.29) is 5.78 Å². The van der Waals surface area contributed by atoms with Crippen LogP contribution in [0.2, 0.25) is 0 Å². The number of aryl methyl sites for hydroxylation is 1. The Balaban J connectivity index is 2.03. The van der Waals surface area contributed by atoms with Crippen molar-refractivity contribution in [2.24, 2.45) is 0 Å². The van der Waals surface area contributed by atoms with Gasteiger partial charge < -0.3 is 0 Å². The van der Waals surface area contributed by atoms with Gasteiger partial charge in [-0.3, -0.25) is 4.79 Å². The average Bonchev–Trinajstić information content (AvgIpc) is 2.82. The maximum atomic E-state index is 12.3. The van der Waals surface area contributed by atoms with Crippen LogP contribution in [0.5, 0.6) is 0 Å². The number of carbonyl (C=O) groups is 1. The van der Waals surface area contributed by atoms with E-state index in [9.17, 15) is 4.79 Å². The van der Waals surface area contributed by atoms with Gasteiger partial charge in [-0.15, -0.1) is 0 Å². The smallest absolute Gasteiger partial charge is 0.213 e. The van der Waals surface area contributed by atoms with E-state index < -0.39 is 0 Å². The molecule has 2 heterocycles. The molecule has 18 heavy (non-hydrogen) atoms. The number of ketones is 1. The Bertz CT molecular complexity index is 678. The maximum Gasteiger partial charge on any atom is 0.213 e. The average molecular weight is 236 g/mol. The van der Waals surface area contributed by atoms with E-state index in [1.165, 1.54) is 0 Å². The molecule has 0 amide bonds. The molecule has 3 aromatic rings. The summed E-state index contributed by atoms with van der Waals surface area (Å²) >= 11 is 0. The normalized spacial score (nSPS) is 10.7. The second kappa shape index (κ2) is 4.11. The third-order valence-corrected chi connectivity index (χ3v) is 2.92. The number of fused-ring (bicyclic) bond motifs is 1. The van der Waals surface area contributed by atoms with Crippen molar-refractivity contribution in [1.29, 1.82) is 0 Å². The van der Waals surface area contributed by atoms with E-state index >= 15 is 0 Å². The van der Waals surface area contributed by atoms with Crippen LogP contribution in [0.1, 0.15) is 21.6 Å². The molecule has 0 spiro atoms. The largest absolute Gasteiger partial charge is 0.287 e. The molecule has 2 aromatic heterocycles. The predicted molar refractivity (Wildman–Crippen MR) is 69.8 cm³/mol. The minimum atomic E-state index is -0.0429. The first-order valence-corrected chi connectivity index (χ1v) is 5.80. The molecule has 0 unspecified atom stereocenters. The van der Waals surface area contributed by atoms with Crippen LogP contribution in [0.25, 0.3) is 5.52 Å². The lowest BCUT2D eigenvalue weighted by molar-refractivity contribution is 0.103. The summed E-state index contributed by atoms with van der Waals surface area (Å²) in [5.74, 6) is -0.0429. The highest BCUT2D eigenvalue weighted by Crippen LogP contribution is 2.12. The molecule has 0 aliphatic heterocycles. The van der Waals surface area contributed by atoms with Crippen molar-refractivity contribution >= 4 is 11.3 Å². The van der Waals surface area contributed by atoms with Crippen molar-refractivity contribution < 1.29 is 4.79 Å². The Morgan fingerprint density at radius 1 is 1.11 bits per heavy atom. The lowest BCUT2D eigenvalue weighted by atomic mass is 10.1. The van der Waals surface area contributed by atoms with Crippen molar-refractivity contribution in [1.82, 2.24) is 9.61 Å². The lowest BCUT2D eigenvalue weighted by Gasteiger charge is -1.97. The molecular formula is C15H12N2O. The number of hydrogen-bond donors (Lipinski definition) is 0. The highest BCUT2D eigenvalue weighted by molar-refractivity contribution is 6.08. The summed E-state index contributed by atoms with van der Waals surface area (Å²) in [4.78, 5) is 12.3. The molecule has 0 bridgehead atoms. The molecule has 0 N–H and O–H groups in total. The zero-order chi connectivity index (χ0) is 12.5. The number of aromatic nitrogens is 2. The van der Waals surface area contributed by atoms with Crippen molar-refractivity contribution in [3.8, 4) is 0 Å². The molecular weight excluding hydrogens is 224 g/mol. The minimum absolute atomic E-state index is 0.0429. The van der Waals surface area contributed by atoms with Crippen LogP contribution >= 0.6 is 0 Å². The monoisotopic (exact) mass is 236 g/mol. The van der Waals surface area contributed by atoms with Gasteiger partial charge in [0.05, 0.1) is 5.52 Å². The number of benzene rings is 1. The first-order valence-electron chi connectivity index (χ1n) is 5.80. The van der Waals surface area contributed by atoms with Gasteiger partial charge in [0.15, 0.2) is 0 Å². The van der Waals surface area contributed by atoms with Crippen LogP contribution in [-0.4, -0.2) is 15.4 Å². The van der Waals surface area contributed by atoms with Gasteiger partial charge in [-0.2, -0.15) is 5.10 Å². The SMILES string of the molecule is Cc1ccc(C(=O)c2cc3ccccn3n2)cc1. The predicted octanol–water partition coefficient (Wildman–Crippen LogP) is 2.87. The van der Waals surface area contributed by atoms with Crippen LogP contribution in [-0.2, 0) is 0 Å². The molecule has 3 rings (SSSR count). The van der Waals surface area contributed by atoms with Crippen LogP contribution in [0.3, 0.4) is 0 Å². The molecule has 0 atom stereocenters. The number of hydrogen-bond acceptors (Lipinski definition) is 2. The number of pyridine rings is 1. The molecule has 1 aromatic carbocycles. The van der Waals surface area contributed by atoms with Gasteiger partial charge in [-0.05, 0) is 25.1 Å². The van der Waals surface area contributed by atoms with Crippen molar-refractivity contribution in [2.75, 3.05) is 0 Å². The topological polar surface area (TPSA) is 34.4 Å². The fourth-order valence-electron chi connectivity index (χ4n) is 1.90. The summed E-state index contributed by atoms with van der Waals surface area (Å²) in [6, 6.07) is 15.1. The van der Waals surface area contributed by atoms with Crippen molar-refractivity contribution in [3.05, 3.63) is 71.5 Å². The molecule has 88 valence electrons. The lowest BCUT2D eigenvalue weighted by Crippen LogP contribution is -2.02. The van der Waals surface area contributed by atoms with E-state index in [2.05, 4.69) is 5.10 Å². The second-order valence-electron chi connectivity index (χ2n) is 4.29. The van der Waals surface area contributed by atoms with Crippen LogP contribution < -0.4 is 0 Å². The van der Waals surface area contributed by atoms with E-state index in [1.54, 1.807) is 4.52 Å². The molecule has 3 nitrogen and oxygen atoms in total.